The molecule has 2 amide bonds. The van der Waals surface area contributed by atoms with Crippen molar-refractivity contribution in [2.45, 2.75) is 45.3 Å². The first-order valence-electron chi connectivity index (χ1n) is 12.7. The summed E-state index contributed by atoms with van der Waals surface area (Å²) in [6, 6.07) is 19.6. The van der Waals surface area contributed by atoms with Crippen LogP contribution in [-0.2, 0) is 32.6 Å². The minimum absolute atomic E-state index is 0.0180. The number of nitrogens with one attached hydrogen (secondary N) is 1. The third-order valence-corrected chi connectivity index (χ3v) is 8.46. The Bertz CT molecular complexity index is 1440. The van der Waals surface area contributed by atoms with E-state index in [1.165, 1.54) is 23.1 Å². The third-order valence-electron chi connectivity index (χ3n) is 6.43. The van der Waals surface area contributed by atoms with Crippen molar-refractivity contribution in [3.05, 3.63) is 99.0 Å². The molecule has 0 aliphatic carbocycles. The van der Waals surface area contributed by atoms with E-state index < -0.39 is 28.5 Å². The smallest absolute Gasteiger partial charge is 0.244 e. The lowest BCUT2D eigenvalue weighted by atomic mass is 10.0. The minimum Gasteiger partial charge on any atom is -0.352 e. The average molecular weight is 625 g/mol. The van der Waals surface area contributed by atoms with Crippen molar-refractivity contribution in [1.29, 1.82) is 0 Å². The second-order valence-corrected chi connectivity index (χ2v) is 12.7. The summed E-state index contributed by atoms with van der Waals surface area (Å²) in [5, 5.41) is 3.79. The summed E-state index contributed by atoms with van der Waals surface area (Å²) in [5.74, 6) is -0.953. The number of benzene rings is 3. The predicted molar refractivity (Wildman–Crippen MR) is 162 cm³/mol. The monoisotopic (exact) mass is 623 g/mol. The van der Waals surface area contributed by atoms with Gasteiger partial charge in [0, 0.05) is 29.1 Å². The van der Waals surface area contributed by atoms with Crippen LogP contribution in [0, 0.1) is 0 Å². The van der Waals surface area contributed by atoms with Gasteiger partial charge >= 0.3 is 0 Å². The second-order valence-electron chi connectivity index (χ2n) is 9.50. The van der Waals surface area contributed by atoms with Gasteiger partial charge in [0.25, 0.3) is 0 Å². The topological polar surface area (TPSA) is 86.8 Å². The van der Waals surface area contributed by atoms with E-state index in [1.54, 1.807) is 24.3 Å². The SMILES string of the molecule is CC[C@H](C)NC(=O)[C@@H](Cc1ccccc1)N(Cc1ccccc1Cl)C(=O)CN(c1ccc(Cl)cc1Cl)S(C)(=O)=O. The molecule has 0 saturated heterocycles. The maximum Gasteiger partial charge on any atom is 0.244 e. The van der Waals surface area contributed by atoms with E-state index in [2.05, 4.69) is 5.32 Å². The number of carbonyl (C=O) groups excluding carboxylic acids is 2. The Labute approximate surface area is 251 Å². The molecule has 3 aromatic rings. The highest BCUT2D eigenvalue weighted by Crippen LogP contribution is 2.31. The van der Waals surface area contributed by atoms with Crippen LogP contribution in [0.15, 0.2) is 72.8 Å². The van der Waals surface area contributed by atoms with Gasteiger partial charge in [-0.1, -0.05) is 90.3 Å². The van der Waals surface area contributed by atoms with Crippen LogP contribution in [-0.4, -0.2) is 50.0 Å². The maximum absolute atomic E-state index is 14.1. The second kappa shape index (κ2) is 14.2. The van der Waals surface area contributed by atoms with Crippen molar-refractivity contribution < 1.29 is 18.0 Å². The highest BCUT2D eigenvalue weighted by atomic mass is 35.5. The minimum atomic E-state index is -3.96. The zero-order valence-corrected chi connectivity index (χ0v) is 25.6. The summed E-state index contributed by atoms with van der Waals surface area (Å²) in [4.78, 5) is 29.1. The molecule has 0 spiro atoms. The number of rotatable bonds is 12. The lowest BCUT2D eigenvalue weighted by Crippen LogP contribution is -2.54. The molecule has 0 aliphatic heterocycles. The molecular formula is C29H32Cl3N3O4S. The van der Waals surface area contributed by atoms with E-state index in [4.69, 9.17) is 34.8 Å². The highest BCUT2D eigenvalue weighted by molar-refractivity contribution is 7.92. The van der Waals surface area contributed by atoms with Crippen LogP contribution < -0.4 is 9.62 Å². The van der Waals surface area contributed by atoms with Gasteiger partial charge in [-0.2, -0.15) is 0 Å². The largest absolute Gasteiger partial charge is 0.352 e. The average Bonchev–Trinajstić information content (AvgIpc) is 2.90. The third kappa shape index (κ3) is 8.61. The highest BCUT2D eigenvalue weighted by Gasteiger charge is 2.34. The summed E-state index contributed by atoms with van der Waals surface area (Å²) < 4.78 is 26.7. The molecule has 214 valence electrons. The summed E-state index contributed by atoms with van der Waals surface area (Å²) in [6.45, 7) is 3.22. The molecule has 0 heterocycles. The van der Waals surface area contributed by atoms with Crippen molar-refractivity contribution in [2.24, 2.45) is 0 Å². The Morgan fingerprint density at radius 2 is 1.57 bits per heavy atom. The van der Waals surface area contributed by atoms with Crippen LogP contribution in [0.2, 0.25) is 15.1 Å². The van der Waals surface area contributed by atoms with Crippen LogP contribution >= 0.6 is 34.8 Å². The Morgan fingerprint density at radius 3 is 2.17 bits per heavy atom. The van der Waals surface area contributed by atoms with Crippen LogP contribution in [0.4, 0.5) is 5.69 Å². The van der Waals surface area contributed by atoms with E-state index in [-0.39, 0.29) is 35.6 Å². The zero-order chi connectivity index (χ0) is 29.4. The number of anilines is 1. The van der Waals surface area contributed by atoms with Gasteiger partial charge in [0.1, 0.15) is 12.6 Å². The summed E-state index contributed by atoms with van der Waals surface area (Å²) >= 11 is 18.8. The number of nitrogens with zero attached hydrogens (tertiary/aromatic N) is 2. The van der Waals surface area contributed by atoms with Crippen molar-refractivity contribution in [3.8, 4) is 0 Å². The van der Waals surface area contributed by atoms with Gasteiger partial charge in [0.2, 0.25) is 21.8 Å². The molecule has 0 aliphatic rings. The van der Waals surface area contributed by atoms with Crippen molar-refractivity contribution in [2.75, 3.05) is 17.1 Å². The predicted octanol–water partition coefficient (Wildman–Crippen LogP) is 5.97. The fraction of sp³-hybridized carbons (Fsp3) is 0.310. The normalized spacial score (nSPS) is 12.8. The van der Waals surface area contributed by atoms with E-state index in [9.17, 15) is 18.0 Å². The molecule has 0 radical (unpaired) electrons. The molecule has 1 N–H and O–H groups in total. The molecule has 0 bridgehead atoms. The molecule has 11 heteroatoms. The van der Waals surface area contributed by atoms with Gasteiger partial charge in [-0.05, 0) is 48.7 Å². The molecule has 0 unspecified atom stereocenters. The number of amides is 2. The molecule has 0 saturated carbocycles. The Morgan fingerprint density at radius 1 is 0.925 bits per heavy atom. The standard InChI is InChI=1S/C29H32Cl3N3O4S/c1-4-20(2)33-29(37)27(16-21-10-6-5-7-11-21)34(18-22-12-8-9-13-24(22)31)28(36)19-35(40(3,38)39)26-15-14-23(30)17-25(26)32/h5-15,17,20,27H,4,16,18-19H2,1-3H3,(H,33,37)/t20-,27+/m0/s1. The first-order valence-corrected chi connectivity index (χ1v) is 15.7. The van der Waals surface area contributed by atoms with Crippen LogP contribution in [0.25, 0.3) is 0 Å². The van der Waals surface area contributed by atoms with E-state index in [0.29, 0.717) is 22.0 Å². The summed E-state index contributed by atoms with van der Waals surface area (Å²) in [6.07, 6.45) is 1.89. The van der Waals surface area contributed by atoms with Crippen LogP contribution in [0.5, 0.6) is 0 Å². The first kappa shape index (κ1) is 31.7. The molecule has 2 atom stereocenters. The number of hydrogen-bond donors (Lipinski definition) is 1. The van der Waals surface area contributed by atoms with Gasteiger partial charge in [-0.3, -0.25) is 13.9 Å². The molecule has 0 fully saturated rings. The van der Waals surface area contributed by atoms with E-state index in [0.717, 1.165) is 16.1 Å². The van der Waals surface area contributed by atoms with Crippen molar-refractivity contribution in [3.63, 3.8) is 0 Å². The quantitative estimate of drug-likeness (QED) is 0.269. The lowest BCUT2D eigenvalue weighted by Gasteiger charge is -2.34. The lowest BCUT2D eigenvalue weighted by molar-refractivity contribution is -0.140. The van der Waals surface area contributed by atoms with E-state index in [1.807, 2.05) is 44.2 Å². The zero-order valence-electron chi connectivity index (χ0n) is 22.5. The Balaban J connectivity index is 2.09. The van der Waals surface area contributed by atoms with E-state index >= 15 is 0 Å². The fourth-order valence-corrected chi connectivity index (χ4v) is 5.70. The maximum atomic E-state index is 14.1. The summed E-state index contributed by atoms with van der Waals surface area (Å²) in [5.41, 5.74) is 1.55. The van der Waals surface area contributed by atoms with Crippen LogP contribution in [0.1, 0.15) is 31.4 Å². The molecule has 3 aromatic carbocycles. The van der Waals surface area contributed by atoms with Crippen molar-refractivity contribution in [1.82, 2.24) is 10.2 Å². The number of hydrogen-bond acceptors (Lipinski definition) is 4. The fourth-order valence-electron chi connectivity index (χ4n) is 4.08. The molecule has 7 nitrogen and oxygen atoms in total. The molecule has 40 heavy (non-hydrogen) atoms. The number of sulfonamides is 1. The molecule has 3 rings (SSSR count). The van der Waals surface area contributed by atoms with Gasteiger partial charge in [0.15, 0.2) is 0 Å². The molecular weight excluding hydrogens is 593 g/mol. The Kier molecular flexibility index (Phi) is 11.3. The van der Waals surface area contributed by atoms with Gasteiger partial charge in [-0.15, -0.1) is 0 Å². The number of halogens is 3. The molecule has 0 aromatic heterocycles. The van der Waals surface area contributed by atoms with Gasteiger partial charge < -0.3 is 10.2 Å². The van der Waals surface area contributed by atoms with Crippen molar-refractivity contribution >= 4 is 62.3 Å². The first-order chi connectivity index (χ1) is 18.9. The van der Waals surface area contributed by atoms with Gasteiger partial charge in [-0.25, -0.2) is 8.42 Å². The van der Waals surface area contributed by atoms with Gasteiger partial charge in [0.05, 0.1) is 17.0 Å². The van der Waals surface area contributed by atoms with Crippen LogP contribution in [0.3, 0.4) is 0 Å². The number of carbonyl (C=O) groups is 2. The summed E-state index contributed by atoms with van der Waals surface area (Å²) in [7, 11) is -3.96. The Hall–Kier alpha value is -2.78.